The van der Waals surface area contributed by atoms with Gasteiger partial charge in [-0.15, -0.1) is 0 Å². The molecule has 1 saturated heterocycles. The van der Waals surface area contributed by atoms with Gasteiger partial charge >= 0.3 is 0 Å². The molecule has 0 unspecified atom stereocenters. The molecule has 1 N–H and O–H groups in total. The van der Waals surface area contributed by atoms with Crippen LogP contribution in [-0.2, 0) is 6.54 Å². The van der Waals surface area contributed by atoms with Crippen LogP contribution in [0.4, 0.5) is 4.39 Å². The normalized spacial score (nSPS) is 17.7. The summed E-state index contributed by atoms with van der Waals surface area (Å²) in [6.45, 7) is 3.23. The highest BCUT2D eigenvalue weighted by Crippen LogP contribution is 2.21. The maximum atomic E-state index is 13.2. The minimum atomic E-state index is -0.150. The molecule has 2 heterocycles. The summed E-state index contributed by atoms with van der Waals surface area (Å²) in [4.78, 5) is 0. The standard InChI is InChI=1S/C14H17FN2/c15-13-2-1-12-5-8-17(14(12)9-13)10-11-3-6-16-7-4-11/h1-2,5,8-9,11,16H,3-4,6-7,10H2. The van der Waals surface area contributed by atoms with Gasteiger partial charge in [-0.3, -0.25) is 0 Å². The van der Waals surface area contributed by atoms with E-state index < -0.39 is 0 Å². The van der Waals surface area contributed by atoms with Gasteiger partial charge in [-0.05, 0) is 61.5 Å². The maximum Gasteiger partial charge on any atom is 0.125 e. The van der Waals surface area contributed by atoms with Gasteiger partial charge in [-0.25, -0.2) is 4.39 Å². The second-order valence-electron chi connectivity index (χ2n) is 4.86. The molecule has 1 aromatic carbocycles. The zero-order chi connectivity index (χ0) is 11.7. The van der Waals surface area contributed by atoms with E-state index in [-0.39, 0.29) is 5.82 Å². The number of rotatable bonds is 2. The lowest BCUT2D eigenvalue weighted by atomic mass is 9.98. The first-order chi connectivity index (χ1) is 8.33. The predicted molar refractivity (Wildman–Crippen MR) is 67.5 cm³/mol. The zero-order valence-corrected chi connectivity index (χ0v) is 9.82. The van der Waals surface area contributed by atoms with Crippen molar-refractivity contribution in [2.75, 3.05) is 13.1 Å². The molecule has 3 heteroatoms. The molecule has 0 spiro atoms. The van der Waals surface area contributed by atoms with E-state index in [9.17, 15) is 4.39 Å². The van der Waals surface area contributed by atoms with Gasteiger partial charge in [0.2, 0.25) is 0 Å². The van der Waals surface area contributed by atoms with E-state index in [0.717, 1.165) is 36.5 Å². The Kier molecular flexibility index (Phi) is 2.85. The summed E-state index contributed by atoms with van der Waals surface area (Å²) in [5.41, 5.74) is 1.02. The number of halogens is 1. The molecule has 2 nitrogen and oxygen atoms in total. The van der Waals surface area contributed by atoms with Crippen molar-refractivity contribution in [3.63, 3.8) is 0 Å². The monoisotopic (exact) mass is 232 g/mol. The van der Waals surface area contributed by atoms with Gasteiger partial charge < -0.3 is 9.88 Å². The first-order valence-corrected chi connectivity index (χ1v) is 6.28. The molecule has 1 aliphatic rings. The Labute approximate surface area is 100 Å². The van der Waals surface area contributed by atoms with Crippen molar-refractivity contribution in [2.45, 2.75) is 19.4 Å². The minimum absolute atomic E-state index is 0.150. The molecule has 1 aliphatic heterocycles. The summed E-state index contributed by atoms with van der Waals surface area (Å²) in [5, 5.41) is 4.50. The Morgan fingerprint density at radius 2 is 2.06 bits per heavy atom. The second-order valence-corrected chi connectivity index (χ2v) is 4.86. The van der Waals surface area contributed by atoms with E-state index in [1.807, 2.05) is 6.07 Å². The van der Waals surface area contributed by atoms with Crippen LogP contribution in [0, 0.1) is 11.7 Å². The Balaban J connectivity index is 1.86. The van der Waals surface area contributed by atoms with Crippen LogP contribution in [0.1, 0.15) is 12.8 Å². The van der Waals surface area contributed by atoms with Crippen molar-refractivity contribution in [2.24, 2.45) is 5.92 Å². The maximum absolute atomic E-state index is 13.2. The van der Waals surface area contributed by atoms with E-state index in [1.165, 1.54) is 18.9 Å². The summed E-state index contributed by atoms with van der Waals surface area (Å²) < 4.78 is 15.4. The fourth-order valence-corrected chi connectivity index (χ4v) is 2.66. The second kappa shape index (κ2) is 4.49. The molecule has 1 fully saturated rings. The third kappa shape index (κ3) is 2.20. The van der Waals surface area contributed by atoms with Crippen LogP contribution in [0.3, 0.4) is 0 Å². The Morgan fingerprint density at radius 3 is 2.88 bits per heavy atom. The van der Waals surface area contributed by atoms with Gasteiger partial charge in [0, 0.05) is 12.7 Å². The highest BCUT2D eigenvalue weighted by atomic mass is 19.1. The van der Waals surface area contributed by atoms with Crippen molar-refractivity contribution >= 4 is 10.9 Å². The molecule has 2 aromatic rings. The van der Waals surface area contributed by atoms with Crippen molar-refractivity contribution in [1.82, 2.24) is 9.88 Å². The molecule has 3 rings (SSSR count). The summed E-state index contributed by atoms with van der Waals surface area (Å²) in [6, 6.07) is 7.08. The lowest BCUT2D eigenvalue weighted by Gasteiger charge is -2.23. The van der Waals surface area contributed by atoms with E-state index >= 15 is 0 Å². The van der Waals surface area contributed by atoms with E-state index in [0.29, 0.717) is 0 Å². The van der Waals surface area contributed by atoms with Crippen LogP contribution in [0.5, 0.6) is 0 Å². The minimum Gasteiger partial charge on any atom is -0.347 e. The summed E-state index contributed by atoms with van der Waals surface area (Å²) in [5.74, 6) is 0.567. The molecule has 0 radical (unpaired) electrons. The highest BCUT2D eigenvalue weighted by Gasteiger charge is 2.14. The number of aromatic nitrogens is 1. The van der Waals surface area contributed by atoms with Crippen LogP contribution >= 0.6 is 0 Å². The van der Waals surface area contributed by atoms with Gasteiger partial charge in [-0.1, -0.05) is 0 Å². The molecular weight excluding hydrogens is 215 g/mol. The number of benzene rings is 1. The molecule has 0 atom stereocenters. The van der Waals surface area contributed by atoms with Crippen molar-refractivity contribution in [1.29, 1.82) is 0 Å². The van der Waals surface area contributed by atoms with Crippen molar-refractivity contribution in [3.05, 3.63) is 36.3 Å². The molecule has 0 bridgehead atoms. The number of piperidine rings is 1. The average molecular weight is 232 g/mol. The summed E-state index contributed by atoms with van der Waals surface area (Å²) in [6.07, 6.45) is 4.51. The fraction of sp³-hybridized carbons (Fsp3) is 0.429. The number of fused-ring (bicyclic) bond motifs is 1. The third-order valence-electron chi connectivity index (χ3n) is 3.65. The van der Waals surface area contributed by atoms with Gasteiger partial charge in [-0.2, -0.15) is 0 Å². The molecule has 1 aromatic heterocycles. The van der Waals surface area contributed by atoms with Crippen LogP contribution in [0.25, 0.3) is 10.9 Å². The SMILES string of the molecule is Fc1ccc2ccn(CC3CCNCC3)c2c1. The number of nitrogens with one attached hydrogen (secondary N) is 1. The molecule has 0 amide bonds. The fourth-order valence-electron chi connectivity index (χ4n) is 2.66. The first kappa shape index (κ1) is 10.8. The largest absolute Gasteiger partial charge is 0.347 e. The number of hydrogen-bond donors (Lipinski definition) is 1. The topological polar surface area (TPSA) is 17.0 Å². The molecule has 0 aliphatic carbocycles. The smallest absolute Gasteiger partial charge is 0.125 e. The van der Waals surface area contributed by atoms with E-state index in [1.54, 1.807) is 6.07 Å². The van der Waals surface area contributed by atoms with Crippen molar-refractivity contribution in [3.8, 4) is 0 Å². The van der Waals surface area contributed by atoms with Crippen molar-refractivity contribution < 1.29 is 4.39 Å². The van der Waals surface area contributed by atoms with Crippen LogP contribution in [0.2, 0.25) is 0 Å². The molecular formula is C14H17FN2. The van der Waals surface area contributed by atoms with E-state index in [4.69, 9.17) is 0 Å². The summed E-state index contributed by atoms with van der Waals surface area (Å²) >= 11 is 0. The van der Waals surface area contributed by atoms with Gasteiger partial charge in [0.15, 0.2) is 0 Å². The zero-order valence-electron chi connectivity index (χ0n) is 9.82. The molecule has 0 saturated carbocycles. The predicted octanol–water partition coefficient (Wildman–Crippen LogP) is 2.78. The molecule has 90 valence electrons. The van der Waals surface area contributed by atoms with Gasteiger partial charge in [0.1, 0.15) is 5.82 Å². The van der Waals surface area contributed by atoms with E-state index in [2.05, 4.69) is 22.1 Å². The number of nitrogens with zero attached hydrogens (tertiary/aromatic N) is 1. The Morgan fingerprint density at radius 1 is 1.24 bits per heavy atom. The quantitative estimate of drug-likeness (QED) is 0.842. The summed E-state index contributed by atoms with van der Waals surface area (Å²) in [7, 11) is 0. The van der Waals surface area contributed by atoms with Gasteiger partial charge in [0.25, 0.3) is 0 Å². The van der Waals surface area contributed by atoms with Gasteiger partial charge in [0.05, 0.1) is 5.52 Å². The molecule has 17 heavy (non-hydrogen) atoms. The lowest BCUT2D eigenvalue weighted by Crippen LogP contribution is -2.29. The van der Waals surface area contributed by atoms with Crippen LogP contribution in [0.15, 0.2) is 30.5 Å². The van der Waals surface area contributed by atoms with Crippen LogP contribution < -0.4 is 5.32 Å². The Bertz CT molecular complexity index is 512. The highest BCUT2D eigenvalue weighted by molar-refractivity contribution is 5.80. The van der Waals surface area contributed by atoms with Crippen LogP contribution in [-0.4, -0.2) is 17.7 Å². The number of hydrogen-bond acceptors (Lipinski definition) is 1. The first-order valence-electron chi connectivity index (χ1n) is 6.28. The Hall–Kier alpha value is -1.35. The average Bonchev–Trinajstić information content (AvgIpc) is 2.73. The third-order valence-corrected chi connectivity index (χ3v) is 3.65. The lowest BCUT2D eigenvalue weighted by molar-refractivity contribution is 0.337.